The van der Waals surface area contributed by atoms with Crippen molar-refractivity contribution in [2.75, 3.05) is 0 Å². The highest BCUT2D eigenvalue weighted by molar-refractivity contribution is 9.10. The van der Waals surface area contributed by atoms with Gasteiger partial charge in [-0.2, -0.15) is 0 Å². The van der Waals surface area contributed by atoms with E-state index in [0.29, 0.717) is 15.9 Å². The molecule has 0 N–H and O–H groups in total. The standard InChI is InChI=1S/C16H12BrFN2O/c1-20-14-5-3-2-4-13(14)19-16(20)9-15(21)11-7-6-10(18)8-12(11)17/h2-8H,9H2,1H3. The maximum Gasteiger partial charge on any atom is 0.171 e. The fourth-order valence-corrected chi connectivity index (χ4v) is 2.88. The molecule has 3 nitrogen and oxygen atoms in total. The van der Waals surface area contributed by atoms with Crippen LogP contribution in [0.15, 0.2) is 46.9 Å². The summed E-state index contributed by atoms with van der Waals surface area (Å²) in [6.07, 6.45) is 0.176. The summed E-state index contributed by atoms with van der Waals surface area (Å²) in [6, 6.07) is 11.8. The lowest BCUT2D eigenvalue weighted by atomic mass is 10.1. The molecule has 0 aliphatic carbocycles. The van der Waals surface area contributed by atoms with Gasteiger partial charge in [0.05, 0.1) is 17.5 Å². The van der Waals surface area contributed by atoms with Crippen molar-refractivity contribution < 1.29 is 9.18 Å². The molecule has 106 valence electrons. The van der Waals surface area contributed by atoms with Crippen LogP contribution in [0, 0.1) is 5.82 Å². The van der Waals surface area contributed by atoms with E-state index < -0.39 is 0 Å². The third-order valence-corrected chi connectivity index (χ3v) is 4.09. The molecule has 5 heteroatoms. The molecule has 0 saturated heterocycles. The van der Waals surface area contributed by atoms with E-state index in [4.69, 9.17) is 0 Å². The average molecular weight is 347 g/mol. The molecule has 2 aromatic carbocycles. The van der Waals surface area contributed by atoms with Crippen LogP contribution in [0.4, 0.5) is 4.39 Å². The van der Waals surface area contributed by atoms with Crippen LogP contribution < -0.4 is 0 Å². The van der Waals surface area contributed by atoms with Gasteiger partial charge >= 0.3 is 0 Å². The van der Waals surface area contributed by atoms with Crippen molar-refractivity contribution in [3.8, 4) is 0 Å². The number of benzene rings is 2. The number of para-hydroxylation sites is 2. The van der Waals surface area contributed by atoms with Gasteiger partial charge in [-0.15, -0.1) is 0 Å². The van der Waals surface area contributed by atoms with Gasteiger partial charge in [0.1, 0.15) is 11.6 Å². The maximum absolute atomic E-state index is 13.1. The van der Waals surface area contributed by atoms with E-state index in [0.717, 1.165) is 11.0 Å². The number of hydrogen-bond donors (Lipinski definition) is 0. The number of rotatable bonds is 3. The zero-order chi connectivity index (χ0) is 15.0. The Kier molecular flexibility index (Phi) is 3.59. The van der Waals surface area contributed by atoms with E-state index in [1.165, 1.54) is 18.2 Å². The van der Waals surface area contributed by atoms with E-state index in [-0.39, 0.29) is 18.0 Å². The molecule has 3 rings (SSSR count). The van der Waals surface area contributed by atoms with Crippen molar-refractivity contribution in [1.29, 1.82) is 0 Å². The Balaban J connectivity index is 1.94. The highest BCUT2D eigenvalue weighted by Crippen LogP contribution is 2.21. The number of carbonyl (C=O) groups excluding carboxylic acids is 1. The van der Waals surface area contributed by atoms with Crippen LogP contribution in [0.3, 0.4) is 0 Å². The summed E-state index contributed by atoms with van der Waals surface area (Å²) in [5.41, 5.74) is 2.31. The zero-order valence-electron chi connectivity index (χ0n) is 11.3. The van der Waals surface area contributed by atoms with Crippen LogP contribution in [0.2, 0.25) is 0 Å². The summed E-state index contributed by atoms with van der Waals surface area (Å²) >= 11 is 3.23. The Bertz CT molecular complexity index is 841. The first-order chi connectivity index (χ1) is 10.1. The van der Waals surface area contributed by atoms with Crippen LogP contribution in [-0.2, 0) is 13.5 Å². The maximum atomic E-state index is 13.1. The molecular formula is C16H12BrFN2O. The molecular weight excluding hydrogens is 335 g/mol. The predicted octanol–water partition coefficient (Wildman–Crippen LogP) is 3.90. The second kappa shape index (κ2) is 5.41. The largest absolute Gasteiger partial charge is 0.331 e. The molecule has 0 radical (unpaired) electrons. The summed E-state index contributed by atoms with van der Waals surface area (Å²) in [7, 11) is 1.89. The molecule has 0 saturated carbocycles. The van der Waals surface area contributed by atoms with E-state index >= 15 is 0 Å². The topological polar surface area (TPSA) is 34.9 Å². The molecule has 0 unspecified atom stereocenters. The first kappa shape index (κ1) is 13.9. The fraction of sp³-hybridized carbons (Fsp3) is 0.125. The number of imidazole rings is 1. The molecule has 0 fully saturated rings. The number of ketones is 1. The summed E-state index contributed by atoms with van der Waals surface area (Å²) in [6.45, 7) is 0. The van der Waals surface area contributed by atoms with Crippen molar-refractivity contribution in [3.63, 3.8) is 0 Å². The first-order valence-corrected chi connectivity index (χ1v) is 7.24. The SMILES string of the molecule is Cn1c(CC(=O)c2ccc(F)cc2Br)nc2ccccc21. The number of Topliss-reactive ketones (excluding diaryl/α,β-unsaturated/α-hetero) is 1. The molecule has 1 heterocycles. The Morgan fingerprint density at radius 1 is 1.29 bits per heavy atom. The minimum absolute atomic E-state index is 0.0970. The van der Waals surface area contributed by atoms with Crippen molar-refractivity contribution in [2.45, 2.75) is 6.42 Å². The van der Waals surface area contributed by atoms with Gasteiger partial charge < -0.3 is 4.57 Å². The van der Waals surface area contributed by atoms with E-state index in [9.17, 15) is 9.18 Å². The summed E-state index contributed by atoms with van der Waals surface area (Å²) in [4.78, 5) is 16.8. The van der Waals surface area contributed by atoms with Gasteiger partial charge in [-0.25, -0.2) is 9.37 Å². The lowest BCUT2D eigenvalue weighted by Gasteiger charge is -2.04. The second-order valence-electron chi connectivity index (χ2n) is 4.80. The molecule has 0 bridgehead atoms. The van der Waals surface area contributed by atoms with Crippen molar-refractivity contribution in [3.05, 3.63) is 64.1 Å². The van der Waals surface area contributed by atoms with E-state index in [1.807, 2.05) is 35.9 Å². The van der Waals surface area contributed by atoms with E-state index in [2.05, 4.69) is 20.9 Å². The fourth-order valence-electron chi connectivity index (χ4n) is 2.31. The average Bonchev–Trinajstić information content (AvgIpc) is 2.76. The number of carbonyl (C=O) groups is 1. The molecule has 0 aliphatic rings. The lowest BCUT2D eigenvalue weighted by molar-refractivity contribution is 0.0989. The first-order valence-electron chi connectivity index (χ1n) is 6.45. The quantitative estimate of drug-likeness (QED) is 0.674. The van der Waals surface area contributed by atoms with Gasteiger partial charge in [0, 0.05) is 17.1 Å². The number of hydrogen-bond acceptors (Lipinski definition) is 2. The van der Waals surface area contributed by atoms with Gasteiger partial charge in [0.15, 0.2) is 5.78 Å². The predicted molar refractivity (Wildman–Crippen MR) is 82.8 cm³/mol. The Morgan fingerprint density at radius 2 is 2.05 bits per heavy atom. The van der Waals surface area contributed by atoms with Crippen molar-refractivity contribution >= 4 is 32.7 Å². The van der Waals surface area contributed by atoms with Crippen LogP contribution in [0.1, 0.15) is 16.2 Å². The number of fused-ring (bicyclic) bond motifs is 1. The van der Waals surface area contributed by atoms with E-state index in [1.54, 1.807) is 0 Å². The second-order valence-corrected chi connectivity index (χ2v) is 5.65. The molecule has 0 atom stereocenters. The van der Waals surface area contributed by atoms with Gasteiger partial charge in [0.25, 0.3) is 0 Å². The number of halogens is 2. The highest BCUT2D eigenvalue weighted by Gasteiger charge is 2.15. The summed E-state index contributed by atoms with van der Waals surface area (Å²) < 4.78 is 15.5. The van der Waals surface area contributed by atoms with Crippen molar-refractivity contribution in [2.24, 2.45) is 7.05 Å². The molecule has 0 amide bonds. The normalized spacial score (nSPS) is 11.0. The van der Waals surface area contributed by atoms with Gasteiger partial charge in [-0.05, 0) is 46.3 Å². The molecule has 0 aliphatic heterocycles. The van der Waals surface area contributed by atoms with Gasteiger partial charge in [0.2, 0.25) is 0 Å². The molecule has 1 aromatic heterocycles. The minimum Gasteiger partial charge on any atom is -0.331 e. The third kappa shape index (κ3) is 2.61. The van der Waals surface area contributed by atoms with Gasteiger partial charge in [-0.1, -0.05) is 12.1 Å². The third-order valence-electron chi connectivity index (χ3n) is 3.43. The van der Waals surface area contributed by atoms with Crippen LogP contribution in [-0.4, -0.2) is 15.3 Å². The number of aryl methyl sites for hydroxylation is 1. The van der Waals surface area contributed by atoms with Gasteiger partial charge in [-0.3, -0.25) is 4.79 Å². The Morgan fingerprint density at radius 3 is 2.76 bits per heavy atom. The zero-order valence-corrected chi connectivity index (χ0v) is 12.9. The summed E-state index contributed by atoms with van der Waals surface area (Å²) in [5.74, 6) is 0.221. The number of aromatic nitrogens is 2. The monoisotopic (exact) mass is 346 g/mol. The molecule has 0 spiro atoms. The molecule has 21 heavy (non-hydrogen) atoms. The van der Waals surface area contributed by atoms with Crippen LogP contribution >= 0.6 is 15.9 Å². The lowest BCUT2D eigenvalue weighted by Crippen LogP contribution is -2.09. The highest BCUT2D eigenvalue weighted by atomic mass is 79.9. The molecule has 3 aromatic rings. The summed E-state index contributed by atoms with van der Waals surface area (Å²) in [5, 5.41) is 0. The van der Waals surface area contributed by atoms with Crippen molar-refractivity contribution in [1.82, 2.24) is 9.55 Å². The Labute approximate surface area is 129 Å². The van der Waals surface area contributed by atoms with Crippen LogP contribution in [0.25, 0.3) is 11.0 Å². The smallest absolute Gasteiger partial charge is 0.171 e. The number of nitrogens with zero attached hydrogens (tertiary/aromatic N) is 2. The Hall–Kier alpha value is -2.01. The minimum atomic E-state index is -0.374. The van der Waals surface area contributed by atoms with Crippen LogP contribution in [0.5, 0.6) is 0 Å².